The van der Waals surface area contributed by atoms with E-state index in [1.165, 1.54) is 0 Å². The third-order valence-corrected chi connectivity index (χ3v) is 9.51. The second kappa shape index (κ2) is 12.9. The second-order valence-corrected chi connectivity index (χ2v) is 12.5. The Morgan fingerprint density at radius 1 is 0.667 bits per heavy atom. The van der Waals surface area contributed by atoms with Crippen molar-refractivity contribution >= 4 is 69.6 Å². The van der Waals surface area contributed by atoms with Crippen LogP contribution in [-0.2, 0) is 0 Å². The molecule has 11 heteroatoms. The lowest BCUT2D eigenvalue weighted by molar-refractivity contribution is 0.414. The maximum Gasteiger partial charge on any atom is 0.146 e. The maximum absolute atomic E-state index is 10.2. The van der Waals surface area contributed by atoms with Gasteiger partial charge in [-0.3, -0.25) is 0 Å². The van der Waals surface area contributed by atoms with Gasteiger partial charge in [0.05, 0.1) is 49.8 Å². The molecule has 0 atom stereocenters. The van der Waals surface area contributed by atoms with E-state index >= 15 is 0 Å². The molecule has 2 aromatic heterocycles. The molecule has 0 aliphatic rings. The van der Waals surface area contributed by atoms with Gasteiger partial charge in [0, 0.05) is 39.6 Å². The normalized spacial score (nSPS) is 10.7. The molecule has 0 unspecified atom stereocenters. The highest BCUT2D eigenvalue weighted by Gasteiger charge is 2.21. The number of halogens is 3. The molecule has 0 aliphatic carbocycles. The fourth-order valence-corrected chi connectivity index (χ4v) is 6.95. The molecule has 0 aliphatic heterocycles. The molecule has 8 nitrogen and oxygen atoms in total. The number of ether oxygens (including phenoxy) is 2. The number of methoxy groups -OCH3 is 2. The van der Waals surface area contributed by atoms with E-state index in [0.717, 1.165) is 56.1 Å². The molecule has 0 amide bonds. The van der Waals surface area contributed by atoms with Crippen molar-refractivity contribution in [2.24, 2.45) is 0 Å². The van der Waals surface area contributed by atoms with Crippen LogP contribution in [0.4, 0.5) is 0 Å². The van der Waals surface area contributed by atoms with Crippen LogP contribution in [0, 0.1) is 36.5 Å². The van der Waals surface area contributed by atoms with Crippen LogP contribution in [0.3, 0.4) is 0 Å². The Morgan fingerprint density at radius 3 is 1.64 bits per heavy atom. The van der Waals surface area contributed by atoms with Crippen molar-refractivity contribution in [2.45, 2.75) is 13.8 Å². The number of phenolic OH excluding ortho intramolecular Hbond substituents is 2. The average Bonchev–Trinajstić information content (AvgIpc) is 3.48. The summed E-state index contributed by atoms with van der Waals surface area (Å²) in [6.45, 7) is 3.79. The summed E-state index contributed by atoms with van der Waals surface area (Å²) >= 11 is 10.1. The molecule has 2 heterocycles. The third-order valence-electron chi connectivity index (χ3n) is 7.52. The number of rotatable bonds is 4. The van der Waals surface area contributed by atoms with Crippen molar-refractivity contribution in [2.75, 3.05) is 14.2 Å². The van der Waals surface area contributed by atoms with Gasteiger partial charge in [0.25, 0.3) is 0 Å². The Labute approximate surface area is 284 Å². The molecule has 0 radical (unpaired) electrons. The Balaban J connectivity index is 0.000000178. The lowest BCUT2D eigenvalue weighted by Gasteiger charge is -2.11. The number of aromatic nitrogens is 2. The summed E-state index contributed by atoms with van der Waals surface area (Å²) in [7, 11) is 3.24. The molecule has 0 saturated heterocycles. The zero-order valence-electron chi connectivity index (χ0n) is 24.5. The van der Waals surface area contributed by atoms with Crippen molar-refractivity contribution in [1.82, 2.24) is 9.13 Å². The average molecular weight is 793 g/mol. The van der Waals surface area contributed by atoms with E-state index in [0.29, 0.717) is 24.5 Å². The molecular formula is C34H25Br3N4O4. The SMILES string of the molecule is COc1ccc(-n2c(C)c(C#N)c3cc(Br)c(O)c(Br)c32)cc1.COc1ccc(-n2c(C)c(C#N)c3cc(Br)c(O)cc32)cc1. The van der Waals surface area contributed by atoms with Crippen LogP contribution in [0.15, 0.2) is 80.1 Å². The molecule has 2 N–H and O–H groups in total. The Bertz CT molecular complexity index is 2170. The smallest absolute Gasteiger partial charge is 0.146 e. The fourth-order valence-electron chi connectivity index (χ4n) is 5.31. The predicted octanol–water partition coefficient (Wildman–Crippen LogP) is 9.34. The van der Waals surface area contributed by atoms with Gasteiger partial charge in [0.2, 0.25) is 0 Å². The van der Waals surface area contributed by atoms with Crippen LogP contribution >= 0.6 is 47.8 Å². The number of hydrogen-bond acceptors (Lipinski definition) is 6. The second-order valence-electron chi connectivity index (χ2n) is 9.95. The Morgan fingerprint density at radius 2 is 1.13 bits per heavy atom. The molecule has 0 spiro atoms. The van der Waals surface area contributed by atoms with Crippen molar-refractivity contribution in [1.29, 1.82) is 10.5 Å². The van der Waals surface area contributed by atoms with Gasteiger partial charge in [-0.2, -0.15) is 10.5 Å². The zero-order chi connectivity index (χ0) is 32.6. The number of nitriles is 2. The number of hydrogen-bond donors (Lipinski definition) is 2. The van der Waals surface area contributed by atoms with E-state index in [9.17, 15) is 20.7 Å². The lowest BCUT2D eigenvalue weighted by atomic mass is 10.1. The summed E-state index contributed by atoms with van der Waals surface area (Å²) < 4.78 is 15.9. The number of benzene rings is 4. The van der Waals surface area contributed by atoms with E-state index in [1.807, 2.05) is 71.5 Å². The molecule has 0 bridgehead atoms. The minimum Gasteiger partial charge on any atom is -0.507 e. The van der Waals surface area contributed by atoms with Crippen LogP contribution in [0.2, 0.25) is 0 Å². The first-order chi connectivity index (χ1) is 21.6. The van der Waals surface area contributed by atoms with Gasteiger partial charge in [-0.05, 0) is 122 Å². The van der Waals surface area contributed by atoms with Crippen LogP contribution in [0.1, 0.15) is 22.5 Å². The van der Waals surface area contributed by atoms with Gasteiger partial charge in [0.1, 0.15) is 35.1 Å². The molecular weight excluding hydrogens is 768 g/mol. The summed E-state index contributed by atoms with van der Waals surface area (Å²) in [5.41, 5.74) is 6.17. The molecule has 45 heavy (non-hydrogen) atoms. The van der Waals surface area contributed by atoms with Crippen LogP contribution in [0.5, 0.6) is 23.0 Å². The zero-order valence-corrected chi connectivity index (χ0v) is 29.2. The largest absolute Gasteiger partial charge is 0.507 e. The molecule has 0 fully saturated rings. The monoisotopic (exact) mass is 790 g/mol. The van der Waals surface area contributed by atoms with Crippen molar-refractivity contribution in [3.63, 3.8) is 0 Å². The number of aromatic hydroxyl groups is 2. The van der Waals surface area contributed by atoms with Gasteiger partial charge in [-0.15, -0.1) is 0 Å². The third kappa shape index (κ3) is 5.64. The van der Waals surface area contributed by atoms with Crippen LogP contribution in [-0.4, -0.2) is 33.6 Å². The minimum atomic E-state index is 0.106. The predicted molar refractivity (Wildman–Crippen MR) is 185 cm³/mol. The number of nitrogens with zero attached hydrogens (tertiary/aromatic N) is 4. The molecule has 6 aromatic rings. The minimum absolute atomic E-state index is 0.106. The first-order valence-corrected chi connectivity index (χ1v) is 15.8. The summed E-state index contributed by atoms with van der Waals surface area (Å²) in [5, 5.41) is 40.8. The topological polar surface area (TPSA) is 116 Å². The summed E-state index contributed by atoms with van der Waals surface area (Å²) in [6.07, 6.45) is 0. The van der Waals surface area contributed by atoms with Gasteiger partial charge in [-0.25, -0.2) is 0 Å². The highest BCUT2D eigenvalue weighted by atomic mass is 79.9. The van der Waals surface area contributed by atoms with Crippen molar-refractivity contribution < 1.29 is 19.7 Å². The van der Waals surface area contributed by atoms with Gasteiger partial charge < -0.3 is 28.8 Å². The van der Waals surface area contributed by atoms with Crippen molar-refractivity contribution in [3.05, 3.63) is 103 Å². The van der Waals surface area contributed by atoms with Crippen LogP contribution in [0.25, 0.3) is 33.2 Å². The molecule has 6 rings (SSSR count). The molecule has 4 aromatic carbocycles. The van der Waals surface area contributed by atoms with Crippen LogP contribution < -0.4 is 9.47 Å². The summed E-state index contributed by atoms with van der Waals surface area (Å²) in [4.78, 5) is 0. The highest BCUT2D eigenvalue weighted by molar-refractivity contribution is 9.11. The van der Waals surface area contributed by atoms with Crippen molar-refractivity contribution in [3.8, 4) is 46.5 Å². The van der Waals surface area contributed by atoms with E-state index < -0.39 is 0 Å². The van der Waals surface area contributed by atoms with Gasteiger partial charge in [0.15, 0.2) is 0 Å². The summed E-state index contributed by atoms with van der Waals surface area (Å²) in [6, 6.07) is 24.8. The summed E-state index contributed by atoms with van der Waals surface area (Å²) in [5.74, 6) is 1.77. The standard InChI is InChI=1S/C17H12Br2N2O2.C17H13BrN2O2/c1-9-13(8-20)12-7-14(18)17(22)15(19)16(12)21(9)10-3-5-11(23-2)6-4-10;1-10-14(9-19)13-7-15(18)17(21)8-16(13)20(10)11-3-5-12(22-2)6-4-11/h3-7,22H,1-2H3;3-8,21H,1-2H3. The highest BCUT2D eigenvalue weighted by Crippen LogP contribution is 2.43. The fraction of sp³-hybridized carbons (Fsp3) is 0.118. The number of phenols is 2. The first kappa shape index (κ1) is 32.0. The maximum atomic E-state index is 10.2. The first-order valence-electron chi connectivity index (χ1n) is 13.4. The molecule has 226 valence electrons. The number of fused-ring (bicyclic) bond motifs is 2. The van der Waals surface area contributed by atoms with Gasteiger partial charge in [-0.1, -0.05) is 0 Å². The lowest BCUT2D eigenvalue weighted by Crippen LogP contribution is -1.97. The van der Waals surface area contributed by atoms with E-state index in [-0.39, 0.29) is 11.5 Å². The van der Waals surface area contributed by atoms with E-state index in [4.69, 9.17) is 9.47 Å². The molecule has 0 saturated carbocycles. The quantitative estimate of drug-likeness (QED) is 0.184. The van der Waals surface area contributed by atoms with Gasteiger partial charge >= 0.3 is 0 Å². The Hall–Kier alpha value is -4.42. The Kier molecular flexibility index (Phi) is 9.17. The van der Waals surface area contributed by atoms with E-state index in [2.05, 4.69) is 59.9 Å². The van der Waals surface area contributed by atoms with E-state index in [1.54, 1.807) is 32.4 Å².